The van der Waals surface area contributed by atoms with Gasteiger partial charge >= 0.3 is 6.18 Å². The lowest BCUT2D eigenvalue weighted by Crippen LogP contribution is -2.23. The first-order valence-corrected chi connectivity index (χ1v) is 7.81. The average molecular weight is 386 g/mol. The number of nitrogens with one attached hydrogen (secondary N) is 3. The average Bonchev–Trinajstić information content (AvgIpc) is 2.53. The van der Waals surface area contributed by atoms with Crippen molar-refractivity contribution in [3.63, 3.8) is 0 Å². The Hall–Kier alpha value is -2.74. The van der Waals surface area contributed by atoms with Gasteiger partial charge in [0.05, 0.1) is 17.8 Å². The first kappa shape index (κ1) is 19.6. The van der Waals surface area contributed by atoms with E-state index >= 15 is 0 Å². The second-order valence-electron chi connectivity index (χ2n) is 5.35. The number of halogens is 4. The molecule has 26 heavy (non-hydrogen) atoms. The largest absolute Gasteiger partial charge is 0.418 e. The van der Waals surface area contributed by atoms with Gasteiger partial charge in [-0.1, -0.05) is 17.7 Å². The van der Waals surface area contributed by atoms with Gasteiger partial charge in [-0.05, 0) is 36.4 Å². The van der Waals surface area contributed by atoms with Gasteiger partial charge in [-0.3, -0.25) is 9.59 Å². The lowest BCUT2D eigenvalue weighted by atomic mass is 10.1. The highest BCUT2D eigenvalue weighted by Crippen LogP contribution is 2.36. The summed E-state index contributed by atoms with van der Waals surface area (Å²) in [5.41, 5.74) is -0.342. The normalized spacial score (nSPS) is 11.0. The van der Waals surface area contributed by atoms with Crippen molar-refractivity contribution in [3.05, 3.63) is 53.1 Å². The Morgan fingerprint density at radius 2 is 1.73 bits per heavy atom. The van der Waals surface area contributed by atoms with E-state index in [9.17, 15) is 22.8 Å². The van der Waals surface area contributed by atoms with Gasteiger partial charge in [-0.25, -0.2) is 0 Å². The Morgan fingerprint density at radius 3 is 2.38 bits per heavy atom. The van der Waals surface area contributed by atoms with Crippen LogP contribution >= 0.6 is 11.6 Å². The van der Waals surface area contributed by atoms with E-state index in [0.717, 1.165) is 12.1 Å². The zero-order chi connectivity index (χ0) is 19.3. The summed E-state index contributed by atoms with van der Waals surface area (Å²) in [4.78, 5) is 23.0. The van der Waals surface area contributed by atoms with E-state index in [0.29, 0.717) is 11.4 Å². The fourth-order valence-corrected chi connectivity index (χ4v) is 2.32. The van der Waals surface area contributed by atoms with Gasteiger partial charge in [0.1, 0.15) is 0 Å². The van der Waals surface area contributed by atoms with Crippen molar-refractivity contribution in [2.45, 2.75) is 13.1 Å². The second-order valence-corrected chi connectivity index (χ2v) is 5.79. The van der Waals surface area contributed by atoms with Gasteiger partial charge in [0.2, 0.25) is 11.8 Å². The van der Waals surface area contributed by atoms with Crippen LogP contribution in [-0.2, 0) is 15.8 Å². The predicted octanol–water partition coefficient (Wildman–Crippen LogP) is 4.37. The van der Waals surface area contributed by atoms with E-state index in [4.69, 9.17) is 11.6 Å². The van der Waals surface area contributed by atoms with Gasteiger partial charge < -0.3 is 16.0 Å². The molecule has 0 saturated heterocycles. The number of alkyl halides is 3. The Morgan fingerprint density at radius 1 is 1.04 bits per heavy atom. The fraction of sp³-hybridized carbons (Fsp3) is 0.176. The molecule has 0 saturated carbocycles. The molecule has 5 nitrogen and oxygen atoms in total. The van der Waals surface area contributed by atoms with Crippen molar-refractivity contribution < 1.29 is 22.8 Å². The maximum absolute atomic E-state index is 13.0. The molecule has 0 bridgehead atoms. The Labute approximate surface area is 152 Å². The summed E-state index contributed by atoms with van der Waals surface area (Å²) in [7, 11) is 0. The monoisotopic (exact) mass is 385 g/mol. The third-order valence-corrected chi connectivity index (χ3v) is 3.43. The minimum absolute atomic E-state index is 0.0803. The minimum Gasteiger partial charge on any atom is -0.376 e. The predicted molar refractivity (Wildman–Crippen MR) is 94.3 cm³/mol. The molecule has 2 amide bonds. The molecule has 0 unspecified atom stereocenters. The molecule has 0 aliphatic rings. The molecule has 0 aliphatic heterocycles. The van der Waals surface area contributed by atoms with Gasteiger partial charge in [-0.15, -0.1) is 0 Å². The highest BCUT2D eigenvalue weighted by molar-refractivity contribution is 6.30. The van der Waals surface area contributed by atoms with Crippen molar-refractivity contribution in [3.8, 4) is 0 Å². The molecule has 0 fully saturated rings. The Kier molecular flexibility index (Phi) is 6.10. The molecule has 9 heteroatoms. The highest BCUT2D eigenvalue weighted by Gasteiger charge is 2.34. The zero-order valence-electron chi connectivity index (χ0n) is 13.6. The molecule has 2 rings (SSSR count). The van der Waals surface area contributed by atoms with E-state index < -0.39 is 17.6 Å². The Balaban J connectivity index is 2.03. The van der Waals surface area contributed by atoms with Crippen molar-refractivity contribution in [1.29, 1.82) is 0 Å². The number of rotatable bonds is 5. The van der Waals surface area contributed by atoms with E-state index in [1.165, 1.54) is 13.0 Å². The number of benzene rings is 2. The van der Waals surface area contributed by atoms with Gasteiger partial charge in [0.15, 0.2) is 0 Å². The van der Waals surface area contributed by atoms with Crippen molar-refractivity contribution in [1.82, 2.24) is 0 Å². The maximum Gasteiger partial charge on any atom is 0.418 e. The summed E-state index contributed by atoms with van der Waals surface area (Å²) < 4.78 is 39.1. The summed E-state index contributed by atoms with van der Waals surface area (Å²) in [5, 5.41) is 7.49. The SMILES string of the molecule is CC(=O)Nc1cccc(NCC(=O)Nc2ccc(Cl)cc2C(F)(F)F)c1. The standard InChI is InChI=1S/C17H15ClF3N3O2/c1-10(25)23-13-4-2-3-12(8-13)22-9-16(26)24-15-6-5-11(18)7-14(15)17(19,20)21/h2-8,22H,9H2,1H3,(H,23,25)(H,24,26). The van der Waals surface area contributed by atoms with Crippen LogP contribution in [0.1, 0.15) is 12.5 Å². The number of hydrogen-bond acceptors (Lipinski definition) is 3. The lowest BCUT2D eigenvalue weighted by Gasteiger charge is -2.15. The van der Waals surface area contributed by atoms with E-state index in [-0.39, 0.29) is 23.2 Å². The summed E-state index contributed by atoms with van der Waals surface area (Å²) in [6, 6.07) is 9.68. The van der Waals surface area contributed by atoms with Crippen LogP contribution in [0.3, 0.4) is 0 Å². The molecule has 0 spiro atoms. The number of carbonyl (C=O) groups excluding carboxylic acids is 2. The molecular weight excluding hydrogens is 371 g/mol. The molecule has 0 atom stereocenters. The van der Waals surface area contributed by atoms with Crippen LogP contribution in [0, 0.1) is 0 Å². The molecule has 2 aromatic carbocycles. The molecule has 0 aromatic heterocycles. The van der Waals surface area contributed by atoms with Crippen molar-refractivity contribution in [2.24, 2.45) is 0 Å². The topological polar surface area (TPSA) is 70.2 Å². The highest BCUT2D eigenvalue weighted by atomic mass is 35.5. The van der Waals surface area contributed by atoms with Gasteiger partial charge in [-0.2, -0.15) is 13.2 Å². The number of amides is 2. The lowest BCUT2D eigenvalue weighted by molar-refractivity contribution is -0.137. The first-order valence-electron chi connectivity index (χ1n) is 7.43. The minimum atomic E-state index is -4.65. The molecular formula is C17H15ClF3N3O2. The van der Waals surface area contributed by atoms with E-state index in [2.05, 4.69) is 16.0 Å². The number of carbonyl (C=O) groups is 2. The number of hydrogen-bond donors (Lipinski definition) is 3. The smallest absolute Gasteiger partial charge is 0.376 e. The third-order valence-electron chi connectivity index (χ3n) is 3.20. The summed E-state index contributed by atoms with van der Waals surface area (Å²) in [5.74, 6) is -0.912. The second kappa shape index (κ2) is 8.09. The quantitative estimate of drug-likeness (QED) is 0.716. The first-order chi connectivity index (χ1) is 12.1. The molecule has 0 heterocycles. The maximum atomic E-state index is 13.0. The van der Waals surface area contributed by atoms with Crippen molar-refractivity contribution in [2.75, 3.05) is 22.5 Å². The molecule has 2 aromatic rings. The van der Waals surface area contributed by atoms with Crippen LogP contribution in [0.15, 0.2) is 42.5 Å². The Bertz CT molecular complexity index is 825. The summed E-state index contributed by atoms with van der Waals surface area (Å²) in [6.45, 7) is 1.10. The fourth-order valence-electron chi connectivity index (χ4n) is 2.15. The third kappa shape index (κ3) is 5.66. The van der Waals surface area contributed by atoms with Crippen molar-refractivity contribution >= 4 is 40.5 Å². The zero-order valence-corrected chi connectivity index (χ0v) is 14.3. The van der Waals surface area contributed by atoms with Crippen LogP contribution in [-0.4, -0.2) is 18.4 Å². The molecule has 0 radical (unpaired) electrons. The molecule has 3 N–H and O–H groups in total. The molecule has 138 valence electrons. The van der Waals surface area contributed by atoms with Gasteiger partial charge in [0, 0.05) is 23.3 Å². The van der Waals surface area contributed by atoms with Crippen LogP contribution in [0.4, 0.5) is 30.2 Å². The number of anilines is 3. The van der Waals surface area contributed by atoms with Gasteiger partial charge in [0.25, 0.3) is 0 Å². The van der Waals surface area contributed by atoms with Crippen LogP contribution in [0.2, 0.25) is 5.02 Å². The summed E-state index contributed by atoms with van der Waals surface area (Å²) >= 11 is 5.60. The molecule has 0 aliphatic carbocycles. The van der Waals surface area contributed by atoms with E-state index in [1.807, 2.05) is 0 Å². The van der Waals surface area contributed by atoms with E-state index in [1.54, 1.807) is 24.3 Å². The van der Waals surface area contributed by atoms with Crippen LogP contribution in [0.25, 0.3) is 0 Å². The van der Waals surface area contributed by atoms with Crippen LogP contribution in [0.5, 0.6) is 0 Å². The summed E-state index contributed by atoms with van der Waals surface area (Å²) in [6.07, 6.45) is -4.65. The van der Waals surface area contributed by atoms with Crippen LogP contribution < -0.4 is 16.0 Å².